The van der Waals surface area contributed by atoms with E-state index in [1.54, 1.807) is 24.5 Å². The van der Waals surface area contributed by atoms with Gasteiger partial charge in [0.15, 0.2) is 0 Å². The van der Waals surface area contributed by atoms with Gasteiger partial charge in [0, 0.05) is 30.9 Å². The van der Waals surface area contributed by atoms with E-state index in [0.29, 0.717) is 18.2 Å². The molecule has 0 saturated carbocycles. The number of nitrogens with zero attached hydrogens (tertiary/aromatic N) is 2. The van der Waals surface area contributed by atoms with Crippen LogP contribution in [0.2, 0.25) is 0 Å². The van der Waals surface area contributed by atoms with Crippen LogP contribution in [-0.4, -0.2) is 33.7 Å². The maximum Gasteiger partial charge on any atom is 0.404 e. The summed E-state index contributed by atoms with van der Waals surface area (Å²) in [7, 11) is 0. The zero-order valence-electron chi connectivity index (χ0n) is 15.2. The molecule has 2 aromatic heterocycles. The van der Waals surface area contributed by atoms with Crippen molar-refractivity contribution in [3.05, 3.63) is 48.3 Å². The molecule has 3 rings (SSSR count). The number of carbonyl (C=O) groups is 2. The van der Waals surface area contributed by atoms with E-state index in [1.807, 2.05) is 25.1 Å². The largest absolute Gasteiger partial charge is 0.465 e. The van der Waals surface area contributed by atoms with Crippen LogP contribution in [0.5, 0.6) is 0 Å². The maximum absolute atomic E-state index is 11.8. The molecule has 0 bridgehead atoms. The number of carboxylic acid groups (broad SMARTS) is 1. The molecule has 0 unspecified atom stereocenters. The number of nitrogen functional groups attached to an aromatic ring is 1. The minimum absolute atomic E-state index is 0.134. The number of aromatic nitrogens is 2. The summed E-state index contributed by atoms with van der Waals surface area (Å²) < 4.78 is 0. The first-order valence-corrected chi connectivity index (χ1v) is 8.63. The van der Waals surface area contributed by atoms with E-state index in [-0.39, 0.29) is 12.6 Å². The topological polar surface area (TPSA) is 142 Å². The summed E-state index contributed by atoms with van der Waals surface area (Å²) in [5.41, 5.74) is 8.30. The van der Waals surface area contributed by atoms with Crippen LogP contribution < -0.4 is 21.7 Å². The molecule has 144 valence electrons. The minimum Gasteiger partial charge on any atom is -0.465 e. The maximum atomic E-state index is 11.8. The van der Waals surface area contributed by atoms with Crippen LogP contribution in [0, 0.1) is 0 Å². The number of carbonyl (C=O) groups excluding carboxylic acids is 1. The van der Waals surface area contributed by atoms with Gasteiger partial charge in [-0.05, 0) is 47.2 Å². The molecule has 1 aromatic carbocycles. The molecular weight excluding hydrogens is 360 g/mol. The third-order valence-corrected chi connectivity index (χ3v) is 4.09. The van der Waals surface area contributed by atoms with Crippen molar-refractivity contribution >= 4 is 34.5 Å². The number of benzene rings is 1. The van der Waals surface area contributed by atoms with Crippen LogP contribution in [0.1, 0.15) is 12.5 Å². The zero-order chi connectivity index (χ0) is 20.1. The fourth-order valence-electron chi connectivity index (χ4n) is 2.88. The summed E-state index contributed by atoms with van der Waals surface area (Å²) in [5.74, 6) is 0.766. The molecule has 28 heavy (non-hydrogen) atoms. The van der Waals surface area contributed by atoms with Crippen LogP contribution in [-0.2, 0) is 6.54 Å². The molecule has 6 N–H and O–H groups in total. The average Bonchev–Trinajstić information content (AvgIpc) is 2.66. The summed E-state index contributed by atoms with van der Waals surface area (Å²) in [6.45, 7) is 2.45. The second-order valence-corrected chi connectivity index (χ2v) is 6.00. The van der Waals surface area contributed by atoms with Gasteiger partial charge < -0.3 is 21.5 Å². The van der Waals surface area contributed by atoms with E-state index in [9.17, 15) is 9.59 Å². The Bertz CT molecular complexity index is 1040. The molecule has 9 heteroatoms. The smallest absolute Gasteiger partial charge is 0.404 e. The van der Waals surface area contributed by atoms with E-state index in [1.165, 1.54) is 0 Å². The number of fused-ring (bicyclic) bond motifs is 1. The molecule has 0 aliphatic heterocycles. The molecule has 0 fully saturated rings. The van der Waals surface area contributed by atoms with Crippen LogP contribution in [0.15, 0.2) is 42.7 Å². The van der Waals surface area contributed by atoms with Gasteiger partial charge in [-0.2, -0.15) is 0 Å². The molecule has 3 amide bonds. The molecule has 0 aliphatic carbocycles. The highest BCUT2D eigenvalue weighted by atomic mass is 16.4. The van der Waals surface area contributed by atoms with Gasteiger partial charge in [0.1, 0.15) is 11.6 Å². The molecule has 0 saturated heterocycles. The number of hydrogen-bond donors (Lipinski definition) is 5. The summed E-state index contributed by atoms with van der Waals surface area (Å²) >= 11 is 0. The van der Waals surface area contributed by atoms with E-state index < -0.39 is 6.09 Å². The van der Waals surface area contributed by atoms with Crippen LogP contribution in [0.4, 0.5) is 21.2 Å². The number of rotatable bonds is 5. The fourth-order valence-corrected chi connectivity index (χ4v) is 2.88. The van der Waals surface area contributed by atoms with Gasteiger partial charge in [0.2, 0.25) is 0 Å². The SMILES string of the molecule is CCNC(=O)Nc1cc2c(-c3ccnc(N)c3)ccc(CNC(=O)O)c2cn1. The third-order valence-electron chi connectivity index (χ3n) is 4.09. The Hall–Kier alpha value is -3.88. The second kappa shape index (κ2) is 8.21. The highest BCUT2D eigenvalue weighted by molar-refractivity contribution is 6.01. The number of anilines is 2. The Morgan fingerprint density at radius 1 is 1.11 bits per heavy atom. The number of nitrogens with two attached hydrogens (primary N) is 1. The van der Waals surface area contributed by atoms with E-state index in [4.69, 9.17) is 10.8 Å². The standard InChI is InChI=1S/C19H20N6O3/c1-2-21-18(26)25-17-8-14-13(11-5-6-22-16(20)7-11)4-3-12(9-24-19(27)28)15(14)10-23-17/h3-8,10,24H,2,9H2,1H3,(H2,20,22)(H,27,28)(H2,21,23,25,26). The molecule has 0 aliphatic rings. The Morgan fingerprint density at radius 3 is 2.64 bits per heavy atom. The first kappa shape index (κ1) is 18.9. The number of amides is 3. The van der Waals surface area contributed by atoms with E-state index in [2.05, 4.69) is 25.9 Å². The quantitative estimate of drug-likeness (QED) is 0.461. The van der Waals surface area contributed by atoms with Crippen LogP contribution in [0.25, 0.3) is 21.9 Å². The highest BCUT2D eigenvalue weighted by Crippen LogP contribution is 2.32. The van der Waals surface area contributed by atoms with Crippen molar-refractivity contribution in [2.75, 3.05) is 17.6 Å². The minimum atomic E-state index is -1.11. The zero-order valence-corrected chi connectivity index (χ0v) is 15.2. The number of pyridine rings is 2. The van der Waals surface area contributed by atoms with Crippen molar-refractivity contribution in [2.45, 2.75) is 13.5 Å². The van der Waals surface area contributed by atoms with Crippen molar-refractivity contribution in [2.24, 2.45) is 0 Å². The lowest BCUT2D eigenvalue weighted by Crippen LogP contribution is -2.28. The third kappa shape index (κ3) is 4.26. The summed E-state index contributed by atoms with van der Waals surface area (Å²) in [6.07, 6.45) is 2.12. The van der Waals surface area contributed by atoms with Gasteiger partial charge in [-0.3, -0.25) is 5.32 Å². The van der Waals surface area contributed by atoms with Crippen molar-refractivity contribution in [1.29, 1.82) is 0 Å². The molecular formula is C19H20N6O3. The first-order valence-electron chi connectivity index (χ1n) is 8.63. The first-order chi connectivity index (χ1) is 13.5. The average molecular weight is 380 g/mol. The van der Waals surface area contributed by atoms with Crippen LogP contribution >= 0.6 is 0 Å². The van der Waals surface area contributed by atoms with Gasteiger partial charge >= 0.3 is 12.1 Å². The molecule has 0 atom stereocenters. The highest BCUT2D eigenvalue weighted by Gasteiger charge is 2.12. The molecule has 2 heterocycles. The fraction of sp³-hybridized carbons (Fsp3) is 0.158. The monoisotopic (exact) mass is 380 g/mol. The summed E-state index contributed by atoms with van der Waals surface area (Å²) in [4.78, 5) is 31.0. The normalized spacial score (nSPS) is 10.5. The lowest BCUT2D eigenvalue weighted by molar-refractivity contribution is 0.194. The molecule has 0 spiro atoms. The molecule has 9 nitrogen and oxygen atoms in total. The second-order valence-electron chi connectivity index (χ2n) is 6.00. The predicted molar refractivity (Wildman–Crippen MR) is 107 cm³/mol. The van der Waals surface area contributed by atoms with Crippen LogP contribution in [0.3, 0.4) is 0 Å². The number of hydrogen-bond acceptors (Lipinski definition) is 5. The lowest BCUT2D eigenvalue weighted by Gasteiger charge is -2.13. The van der Waals surface area contributed by atoms with Crippen molar-refractivity contribution in [3.8, 4) is 11.1 Å². The predicted octanol–water partition coefficient (Wildman–Crippen LogP) is 2.79. The lowest BCUT2D eigenvalue weighted by atomic mass is 9.96. The van der Waals surface area contributed by atoms with Gasteiger partial charge in [0.05, 0.1) is 0 Å². The van der Waals surface area contributed by atoms with Gasteiger partial charge in [0.25, 0.3) is 0 Å². The van der Waals surface area contributed by atoms with Gasteiger partial charge in [-0.25, -0.2) is 19.6 Å². The molecule has 0 radical (unpaired) electrons. The Labute approximate surface area is 161 Å². The van der Waals surface area contributed by atoms with Gasteiger partial charge in [-0.15, -0.1) is 0 Å². The number of urea groups is 1. The molecule has 3 aromatic rings. The Balaban J connectivity index is 2.11. The Morgan fingerprint density at radius 2 is 1.93 bits per heavy atom. The van der Waals surface area contributed by atoms with E-state index >= 15 is 0 Å². The van der Waals surface area contributed by atoms with Crippen molar-refractivity contribution in [1.82, 2.24) is 20.6 Å². The van der Waals surface area contributed by atoms with Gasteiger partial charge in [-0.1, -0.05) is 12.1 Å². The number of nitrogens with one attached hydrogen (secondary N) is 3. The Kier molecular flexibility index (Phi) is 5.54. The van der Waals surface area contributed by atoms with Crippen molar-refractivity contribution in [3.63, 3.8) is 0 Å². The summed E-state index contributed by atoms with van der Waals surface area (Å²) in [6, 6.07) is 8.70. The van der Waals surface area contributed by atoms with Crippen molar-refractivity contribution < 1.29 is 14.7 Å². The van der Waals surface area contributed by atoms with E-state index in [0.717, 1.165) is 27.5 Å². The summed E-state index contributed by atoms with van der Waals surface area (Å²) in [5, 5.41) is 18.2.